The number of anilines is 1. The lowest BCUT2D eigenvalue weighted by molar-refractivity contribution is 0.107. The zero-order valence-corrected chi connectivity index (χ0v) is 25.5. The molecule has 4 saturated heterocycles. The Balaban J connectivity index is 1.19. The summed E-state index contributed by atoms with van der Waals surface area (Å²) in [6, 6.07) is 8.31. The molecule has 0 amide bonds. The Morgan fingerprint density at radius 3 is 2.80 bits per heavy atom. The highest BCUT2D eigenvalue weighted by Crippen LogP contribution is 2.45. The summed E-state index contributed by atoms with van der Waals surface area (Å²) in [5, 5.41) is 16.7. The molecular weight excluding hydrogens is 574 g/mol. The number of nitrogens with one attached hydrogen (secondary N) is 1. The number of pyridine rings is 1. The highest BCUT2D eigenvalue weighted by Gasteiger charge is 2.49. The van der Waals surface area contributed by atoms with Crippen molar-refractivity contribution in [3.8, 4) is 23.0 Å². The number of hydrogen-bond acceptors (Lipinski definition) is 8. The normalized spacial score (nSPS) is 29.2. The monoisotopic (exact) mass is 612 g/mol. The fraction of sp³-hybridized carbons (Fsp3) is 0.514. The van der Waals surface area contributed by atoms with Gasteiger partial charge in [-0.1, -0.05) is 19.1 Å². The highest BCUT2D eigenvalue weighted by molar-refractivity contribution is 6.02. The van der Waals surface area contributed by atoms with Gasteiger partial charge in [0, 0.05) is 49.9 Å². The number of aryl methyl sites for hydroxylation is 1. The zero-order valence-electron chi connectivity index (χ0n) is 25.5. The number of alkyl halides is 1. The maximum Gasteiger partial charge on any atom is 0.319 e. The van der Waals surface area contributed by atoms with Crippen LogP contribution in [0.3, 0.4) is 0 Å². The van der Waals surface area contributed by atoms with Gasteiger partial charge >= 0.3 is 6.01 Å². The van der Waals surface area contributed by atoms with Crippen molar-refractivity contribution in [1.29, 1.82) is 0 Å². The van der Waals surface area contributed by atoms with Crippen LogP contribution < -0.4 is 15.0 Å². The van der Waals surface area contributed by atoms with E-state index in [1.54, 1.807) is 18.3 Å². The molecule has 8 nitrogen and oxygen atoms in total. The summed E-state index contributed by atoms with van der Waals surface area (Å²) in [5.74, 6) is 0.453. The van der Waals surface area contributed by atoms with Crippen LogP contribution in [0.2, 0.25) is 0 Å². The van der Waals surface area contributed by atoms with Gasteiger partial charge < -0.3 is 20.1 Å². The molecule has 2 N–H and O–H groups in total. The van der Waals surface area contributed by atoms with Crippen LogP contribution in [0.1, 0.15) is 62.5 Å². The summed E-state index contributed by atoms with van der Waals surface area (Å²) in [4.78, 5) is 18.7. The smallest absolute Gasteiger partial charge is 0.319 e. The van der Waals surface area contributed by atoms with Crippen LogP contribution in [0.25, 0.3) is 32.9 Å². The molecule has 4 fully saturated rings. The number of aromatic hydroxyl groups is 1. The van der Waals surface area contributed by atoms with Gasteiger partial charge in [-0.2, -0.15) is 9.97 Å². The van der Waals surface area contributed by atoms with Gasteiger partial charge in [0.2, 0.25) is 0 Å². The summed E-state index contributed by atoms with van der Waals surface area (Å²) in [6.45, 7) is 5.28. The van der Waals surface area contributed by atoms with Gasteiger partial charge in [-0.05, 0) is 85.0 Å². The molecule has 5 aliphatic rings. The van der Waals surface area contributed by atoms with E-state index >= 15 is 4.39 Å². The molecular formula is C35H38F2N6O2. The molecule has 10 heteroatoms. The second-order valence-corrected chi connectivity index (χ2v) is 14.1. The first kappa shape index (κ1) is 27.7. The third-order valence-electron chi connectivity index (χ3n) is 11.2. The molecule has 4 aromatic rings. The molecule has 4 aliphatic heterocycles. The van der Waals surface area contributed by atoms with E-state index < -0.39 is 12.0 Å². The lowest BCUT2D eigenvalue weighted by atomic mass is 9.90. The minimum absolute atomic E-state index is 0.0659. The molecule has 6 heterocycles. The van der Waals surface area contributed by atoms with Crippen LogP contribution in [0.5, 0.6) is 11.8 Å². The third kappa shape index (κ3) is 4.39. The van der Waals surface area contributed by atoms with Crippen molar-refractivity contribution in [2.75, 3.05) is 37.7 Å². The lowest BCUT2D eigenvalue weighted by Crippen LogP contribution is -2.51. The molecule has 0 saturated carbocycles. The first-order valence-electron chi connectivity index (χ1n) is 16.5. The Labute approximate surface area is 260 Å². The van der Waals surface area contributed by atoms with E-state index in [0.717, 1.165) is 68.9 Å². The predicted molar refractivity (Wildman–Crippen MR) is 169 cm³/mol. The molecule has 0 radical (unpaired) electrons. The van der Waals surface area contributed by atoms with Crippen molar-refractivity contribution in [3.05, 3.63) is 47.4 Å². The molecule has 2 aromatic carbocycles. The Kier molecular flexibility index (Phi) is 6.26. The van der Waals surface area contributed by atoms with Crippen molar-refractivity contribution in [1.82, 2.24) is 25.2 Å². The second-order valence-electron chi connectivity index (χ2n) is 14.1. The SMILES string of the molecule is CC1CCc2ccc3cc(O)cc(-c4ncc5c(N6C[C@H]7CC[C@@H](C6)N7)nc(OC[C@@]67CCCN6C[C@H](F)C7)nc5c4F)c3c21. The number of phenolic OH excluding ortho intramolecular Hbond substituents is 1. The first-order chi connectivity index (χ1) is 21.8. The van der Waals surface area contributed by atoms with Crippen molar-refractivity contribution in [3.63, 3.8) is 0 Å². The molecule has 2 aromatic heterocycles. The van der Waals surface area contributed by atoms with E-state index in [9.17, 15) is 9.50 Å². The molecule has 9 rings (SSSR count). The van der Waals surface area contributed by atoms with Crippen LogP contribution in [0.4, 0.5) is 14.6 Å². The summed E-state index contributed by atoms with van der Waals surface area (Å²) in [7, 11) is 0. The molecule has 2 bridgehead atoms. The fourth-order valence-corrected chi connectivity index (χ4v) is 9.14. The molecule has 1 unspecified atom stereocenters. The Hall–Kier alpha value is -3.63. The Morgan fingerprint density at radius 1 is 1.11 bits per heavy atom. The quantitative estimate of drug-likeness (QED) is 0.300. The minimum atomic E-state index is -0.870. The number of rotatable bonds is 5. The number of halogens is 2. The standard InChI is InChI=1S/C35H38F2N6O2/c1-19-3-4-20-5-6-21-11-25(44)12-26(29(21)28(19)20)31-30(37)32-27(14-38-31)33(42-16-23-7-8-24(17-42)39-23)41-34(40-32)45-18-35-9-2-10-43(35)15-22(36)13-35/h5-6,11-12,14,19,22-24,39,44H,2-4,7-10,13,15-18H2,1H3/t19?,22-,23-,24+,35+/m1/s1. The van der Waals surface area contributed by atoms with Crippen LogP contribution in [0.15, 0.2) is 30.5 Å². The topological polar surface area (TPSA) is 86.6 Å². The first-order valence-corrected chi connectivity index (χ1v) is 16.5. The summed E-state index contributed by atoms with van der Waals surface area (Å²) < 4.78 is 37.8. The summed E-state index contributed by atoms with van der Waals surface area (Å²) in [6.07, 6.45) is 7.33. The average molecular weight is 613 g/mol. The molecule has 234 valence electrons. The van der Waals surface area contributed by atoms with Crippen LogP contribution in [-0.4, -0.2) is 81.5 Å². The number of phenols is 1. The van der Waals surface area contributed by atoms with E-state index in [0.29, 0.717) is 47.7 Å². The maximum atomic E-state index is 17.0. The van der Waals surface area contributed by atoms with Crippen molar-refractivity contribution >= 4 is 27.5 Å². The largest absolute Gasteiger partial charge is 0.508 e. The van der Waals surface area contributed by atoms with Crippen molar-refractivity contribution in [2.24, 2.45) is 0 Å². The van der Waals surface area contributed by atoms with Gasteiger partial charge in [0.1, 0.15) is 35.6 Å². The van der Waals surface area contributed by atoms with E-state index in [1.165, 1.54) is 11.1 Å². The maximum absolute atomic E-state index is 17.0. The number of fused-ring (bicyclic) bond motifs is 7. The predicted octanol–water partition coefficient (Wildman–Crippen LogP) is 5.64. The third-order valence-corrected chi connectivity index (χ3v) is 11.2. The number of hydrogen-bond donors (Lipinski definition) is 2. The zero-order chi connectivity index (χ0) is 30.4. The van der Waals surface area contributed by atoms with Gasteiger partial charge in [-0.15, -0.1) is 0 Å². The van der Waals surface area contributed by atoms with Gasteiger partial charge in [-0.25, -0.2) is 8.78 Å². The fourth-order valence-electron chi connectivity index (χ4n) is 9.14. The number of benzene rings is 2. The highest BCUT2D eigenvalue weighted by atomic mass is 19.1. The number of piperazine rings is 1. The molecule has 1 aliphatic carbocycles. The van der Waals surface area contributed by atoms with Crippen LogP contribution in [0, 0.1) is 5.82 Å². The number of aromatic nitrogens is 3. The number of nitrogens with zero attached hydrogens (tertiary/aromatic N) is 5. The van der Waals surface area contributed by atoms with E-state index in [1.807, 2.05) is 6.07 Å². The minimum Gasteiger partial charge on any atom is -0.508 e. The van der Waals surface area contributed by atoms with E-state index in [4.69, 9.17) is 14.7 Å². The summed E-state index contributed by atoms with van der Waals surface area (Å²) >= 11 is 0. The molecule has 5 atom stereocenters. The molecule has 0 spiro atoms. The van der Waals surface area contributed by atoms with Crippen LogP contribution in [-0.2, 0) is 6.42 Å². The van der Waals surface area contributed by atoms with Gasteiger partial charge in [-0.3, -0.25) is 9.88 Å². The average Bonchev–Trinajstić information content (AvgIpc) is 3.77. The Bertz CT molecular complexity index is 1840. The van der Waals surface area contributed by atoms with Gasteiger partial charge in [0.25, 0.3) is 0 Å². The summed E-state index contributed by atoms with van der Waals surface area (Å²) in [5.41, 5.74) is 2.97. The number of ether oxygens (including phenoxy) is 1. The van der Waals surface area contributed by atoms with E-state index in [-0.39, 0.29) is 35.1 Å². The van der Waals surface area contributed by atoms with Crippen molar-refractivity contribution < 1.29 is 18.6 Å². The lowest BCUT2D eigenvalue weighted by Gasteiger charge is -2.34. The van der Waals surface area contributed by atoms with Crippen molar-refractivity contribution in [2.45, 2.75) is 81.6 Å². The second kappa shape index (κ2) is 10.2. The van der Waals surface area contributed by atoms with Gasteiger partial charge in [0.05, 0.1) is 10.9 Å². The van der Waals surface area contributed by atoms with Crippen LogP contribution >= 0.6 is 0 Å². The van der Waals surface area contributed by atoms with Gasteiger partial charge in [0.15, 0.2) is 5.82 Å². The van der Waals surface area contributed by atoms with E-state index in [2.05, 4.69) is 33.1 Å². The molecule has 45 heavy (non-hydrogen) atoms. The Morgan fingerprint density at radius 2 is 1.96 bits per heavy atom.